The van der Waals surface area contributed by atoms with Crippen LogP contribution >= 0.6 is 24.0 Å². The minimum atomic E-state index is -1.32. The Morgan fingerprint density at radius 2 is 1.96 bits per heavy atom. The number of carbonyl (C=O) groups excluding carboxylic acids is 3. The number of methoxy groups -OCH3 is 1. The number of ether oxygens (including phenoxy) is 1. The van der Waals surface area contributed by atoms with Gasteiger partial charge in [0.2, 0.25) is 0 Å². The normalized spacial score (nSPS) is 18.1. The van der Waals surface area contributed by atoms with Gasteiger partial charge in [0, 0.05) is 0 Å². The third-order valence-electron chi connectivity index (χ3n) is 4.16. The number of thioether (sulfide) groups is 1. The summed E-state index contributed by atoms with van der Waals surface area (Å²) in [6.07, 6.45) is 2.19. The minimum absolute atomic E-state index is 0.196. The molecule has 0 spiro atoms. The molecule has 0 N–H and O–H groups in total. The predicted octanol–water partition coefficient (Wildman–Crippen LogP) is 1.84. The van der Waals surface area contributed by atoms with Crippen LogP contribution < -0.4 is 5.11 Å². The Kier molecular flexibility index (Phi) is 6.55. The van der Waals surface area contributed by atoms with Crippen LogP contribution in [0.15, 0.2) is 29.2 Å². The predicted molar refractivity (Wildman–Crippen MR) is 101 cm³/mol. The van der Waals surface area contributed by atoms with Crippen LogP contribution in [0.2, 0.25) is 0 Å². The van der Waals surface area contributed by atoms with E-state index in [1.165, 1.54) is 7.11 Å². The minimum Gasteiger partial charge on any atom is -0.548 e. The molecule has 1 aromatic carbocycles. The van der Waals surface area contributed by atoms with E-state index in [2.05, 4.69) is 4.74 Å². The Labute approximate surface area is 161 Å². The summed E-state index contributed by atoms with van der Waals surface area (Å²) < 4.78 is 4.83. The van der Waals surface area contributed by atoms with Crippen LogP contribution in [0.1, 0.15) is 36.2 Å². The number of amides is 1. The van der Waals surface area contributed by atoms with E-state index in [4.69, 9.17) is 12.2 Å². The van der Waals surface area contributed by atoms with E-state index >= 15 is 0 Å². The summed E-state index contributed by atoms with van der Waals surface area (Å²) in [7, 11) is 1.30. The highest BCUT2D eigenvalue weighted by molar-refractivity contribution is 8.26. The summed E-state index contributed by atoms with van der Waals surface area (Å²) in [6.45, 7) is 3.59. The van der Waals surface area contributed by atoms with Gasteiger partial charge in [0.1, 0.15) is 4.32 Å². The summed E-state index contributed by atoms with van der Waals surface area (Å²) in [5, 5.41) is 11.5. The second-order valence-electron chi connectivity index (χ2n) is 5.81. The molecule has 1 aliphatic rings. The maximum atomic E-state index is 12.7. The highest BCUT2D eigenvalue weighted by atomic mass is 32.2. The number of esters is 1. The van der Waals surface area contributed by atoms with E-state index in [0.717, 1.165) is 16.7 Å². The van der Waals surface area contributed by atoms with E-state index in [9.17, 15) is 19.5 Å². The smallest absolute Gasteiger partial charge is 0.337 e. The topological polar surface area (TPSA) is 86.7 Å². The van der Waals surface area contributed by atoms with Crippen molar-refractivity contribution in [3.8, 4) is 0 Å². The molecule has 1 amide bonds. The molecule has 0 unspecified atom stereocenters. The molecule has 1 saturated heterocycles. The number of carboxylic acids is 1. The van der Waals surface area contributed by atoms with Gasteiger partial charge in [-0.25, -0.2) is 4.79 Å². The summed E-state index contributed by atoms with van der Waals surface area (Å²) in [5.74, 6) is -2.51. The van der Waals surface area contributed by atoms with Crippen LogP contribution in [-0.2, 0) is 14.3 Å². The molecule has 1 aliphatic heterocycles. The van der Waals surface area contributed by atoms with Gasteiger partial charge in [0.05, 0.1) is 29.6 Å². The average Bonchev–Trinajstić information content (AvgIpc) is 2.89. The lowest BCUT2D eigenvalue weighted by molar-refractivity contribution is -0.311. The Morgan fingerprint density at radius 1 is 1.35 bits per heavy atom. The monoisotopic (exact) mass is 392 g/mol. The SMILES string of the molecule is CC[C@H](C)[C@@H](C(=O)[O-])N1C(=O)/C(=C/c2ccc(C(=O)OC)cc2)SC1=S. The van der Waals surface area contributed by atoms with Crippen LogP contribution in [0.25, 0.3) is 6.08 Å². The first-order valence-electron chi connectivity index (χ1n) is 7.96. The molecule has 138 valence electrons. The third-order valence-corrected chi connectivity index (χ3v) is 5.49. The van der Waals surface area contributed by atoms with Crippen LogP contribution in [0, 0.1) is 5.92 Å². The van der Waals surface area contributed by atoms with E-state index in [1.807, 2.05) is 6.92 Å². The molecule has 1 fully saturated rings. The lowest BCUT2D eigenvalue weighted by Gasteiger charge is -2.32. The molecular weight excluding hydrogens is 374 g/mol. The highest BCUT2D eigenvalue weighted by Crippen LogP contribution is 2.35. The van der Waals surface area contributed by atoms with Gasteiger partial charge >= 0.3 is 5.97 Å². The molecule has 2 atom stereocenters. The number of hydrogen-bond donors (Lipinski definition) is 0. The van der Waals surface area contributed by atoms with Crippen LogP contribution in [0.5, 0.6) is 0 Å². The average molecular weight is 392 g/mol. The second-order valence-corrected chi connectivity index (χ2v) is 7.49. The first-order valence-corrected chi connectivity index (χ1v) is 9.18. The first kappa shape index (κ1) is 20.1. The van der Waals surface area contributed by atoms with Gasteiger partial charge < -0.3 is 14.6 Å². The van der Waals surface area contributed by atoms with E-state index in [1.54, 1.807) is 37.3 Å². The molecule has 0 bridgehead atoms. The van der Waals surface area contributed by atoms with Crippen molar-refractivity contribution in [3.05, 3.63) is 40.3 Å². The molecule has 0 radical (unpaired) electrons. The fraction of sp³-hybridized carbons (Fsp3) is 0.333. The van der Waals surface area contributed by atoms with Crippen molar-refractivity contribution in [2.24, 2.45) is 5.92 Å². The molecular formula is C18H18NO5S2-. The molecule has 26 heavy (non-hydrogen) atoms. The van der Waals surface area contributed by atoms with E-state index in [0.29, 0.717) is 22.5 Å². The van der Waals surface area contributed by atoms with Crippen molar-refractivity contribution in [1.82, 2.24) is 4.90 Å². The van der Waals surface area contributed by atoms with Crippen molar-refractivity contribution < 1.29 is 24.2 Å². The summed E-state index contributed by atoms with van der Waals surface area (Å²) in [6, 6.07) is 5.41. The van der Waals surface area contributed by atoms with Crippen molar-refractivity contribution in [2.75, 3.05) is 7.11 Å². The zero-order valence-corrected chi connectivity index (χ0v) is 16.2. The number of nitrogens with zero attached hydrogens (tertiary/aromatic N) is 1. The molecule has 0 aromatic heterocycles. The molecule has 0 aliphatic carbocycles. The Bertz CT molecular complexity index is 772. The fourth-order valence-electron chi connectivity index (χ4n) is 2.52. The Hall–Kier alpha value is -2.19. The number of aliphatic carboxylic acids is 1. The van der Waals surface area contributed by atoms with Gasteiger partial charge in [-0.2, -0.15) is 0 Å². The summed E-state index contributed by atoms with van der Waals surface area (Å²) in [5.41, 5.74) is 1.08. The van der Waals surface area contributed by atoms with Gasteiger partial charge in [-0.1, -0.05) is 56.4 Å². The second kappa shape index (κ2) is 8.46. The largest absolute Gasteiger partial charge is 0.548 e. The van der Waals surface area contributed by atoms with Crippen LogP contribution in [0.4, 0.5) is 0 Å². The van der Waals surface area contributed by atoms with Crippen molar-refractivity contribution in [2.45, 2.75) is 26.3 Å². The number of hydrogen-bond acceptors (Lipinski definition) is 7. The number of carboxylic acid groups (broad SMARTS) is 1. The zero-order chi connectivity index (χ0) is 19.4. The number of carbonyl (C=O) groups is 3. The molecule has 6 nitrogen and oxygen atoms in total. The zero-order valence-electron chi connectivity index (χ0n) is 14.6. The van der Waals surface area contributed by atoms with Gasteiger partial charge in [0.25, 0.3) is 5.91 Å². The van der Waals surface area contributed by atoms with Gasteiger partial charge in [-0.3, -0.25) is 9.69 Å². The number of thiocarbonyl (C=S) groups is 1. The standard InChI is InChI=1S/C18H19NO5S2/c1-4-10(2)14(16(21)22)19-15(20)13(26-18(19)25)9-11-5-7-12(8-6-11)17(23)24-3/h5-10,14H,4H2,1-3H3,(H,21,22)/p-1/b13-9-/t10-,14-/m0/s1. The lowest BCUT2D eigenvalue weighted by Crippen LogP contribution is -2.53. The molecule has 1 heterocycles. The molecule has 0 saturated carbocycles. The quantitative estimate of drug-likeness (QED) is 0.415. The van der Waals surface area contributed by atoms with E-state index in [-0.39, 0.29) is 10.2 Å². The van der Waals surface area contributed by atoms with Crippen LogP contribution in [0.3, 0.4) is 0 Å². The molecule has 8 heteroatoms. The Balaban J connectivity index is 2.28. The van der Waals surface area contributed by atoms with Gasteiger partial charge in [0.15, 0.2) is 0 Å². The highest BCUT2D eigenvalue weighted by Gasteiger charge is 2.39. The molecule has 2 rings (SSSR count). The Morgan fingerprint density at radius 3 is 2.46 bits per heavy atom. The summed E-state index contributed by atoms with van der Waals surface area (Å²) >= 11 is 6.27. The van der Waals surface area contributed by atoms with Gasteiger partial charge in [-0.15, -0.1) is 0 Å². The van der Waals surface area contributed by atoms with Crippen molar-refractivity contribution in [3.63, 3.8) is 0 Å². The molecule has 1 aromatic rings. The number of rotatable bonds is 6. The van der Waals surface area contributed by atoms with Crippen molar-refractivity contribution >= 4 is 52.2 Å². The fourth-order valence-corrected chi connectivity index (χ4v) is 3.85. The van der Waals surface area contributed by atoms with Crippen molar-refractivity contribution in [1.29, 1.82) is 0 Å². The maximum absolute atomic E-state index is 12.7. The summed E-state index contributed by atoms with van der Waals surface area (Å²) in [4.78, 5) is 37.1. The third kappa shape index (κ3) is 4.13. The van der Waals surface area contributed by atoms with E-state index < -0.39 is 23.9 Å². The maximum Gasteiger partial charge on any atom is 0.337 e. The lowest BCUT2D eigenvalue weighted by atomic mass is 9.98. The van der Waals surface area contributed by atoms with Gasteiger partial charge in [-0.05, 0) is 29.7 Å². The van der Waals surface area contributed by atoms with Crippen LogP contribution in [-0.4, -0.2) is 40.2 Å². The first-order chi connectivity index (χ1) is 12.3. The number of benzene rings is 1.